The Balaban J connectivity index is 1.70. The number of aliphatic hydroxyl groups is 2. The summed E-state index contributed by atoms with van der Waals surface area (Å²) in [7, 11) is 4.47. The standard InChI is InChI=1S/C51H78FNO12/c1-30-16-12-11-13-17-31(2)42(61-8)28-38-21-19-36(7)51(52,65-38)48(58)49(59)53-23-15-14-18-39(53)50(60)64-43(33(4)26-37-20-22-40(54)44(27-37)62-9)29-41(55)32(3)25-35(6)46(57)47(63-10)45(56)34(5)24-30/h11-13,16-17,25,30,32-34,36-40,42-44,46-47,54,57H,14-15,18-24,26-29H2,1-10H3/b13-11?,16-12+,31-17?,35-25+/t30-,32-,33-,34-,36-,37+,38+,39?,40-,42+,43+,44-,46-,47+,51?/m1/s1. The number of hydrogen-bond donors (Lipinski definition) is 2. The van der Waals surface area contributed by atoms with Crippen LogP contribution in [0.2, 0.25) is 0 Å². The fourth-order valence-corrected chi connectivity index (χ4v) is 10.1. The number of ether oxygens (including phenoxy) is 5. The highest BCUT2D eigenvalue weighted by atomic mass is 19.2. The van der Waals surface area contributed by atoms with Crippen LogP contribution in [0.25, 0.3) is 0 Å². The first kappa shape index (κ1) is 54.2. The second kappa shape index (κ2) is 25.1. The lowest BCUT2D eigenvalue weighted by Crippen LogP contribution is -2.59. The van der Waals surface area contributed by atoms with E-state index in [1.54, 1.807) is 48.0 Å². The number of fused-ring (bicyclic) bond motifs is 3. The molecule has 4 aliphatic rings. The van der Waals surface area contributed by atoms with Crippen LogP contribution in [-0.2, 0) is 47.7 Å². The van der Waals surface area contributed by atoms with Gasteiger partial charge in [0.2, 0.25) is 0 Å². The Kier molecular flexibility index (Phi) is 20.9. The van der Waals surface area contributed by atoms with Crippen LogP contribution in [0.15, 0.2) is 47.6 Å². The smallest absolute Gasteiger partial charge is 0.329 e. The molecule has 0 radical (unpaired) electrons. The first-order valence-corrected chi connectivity index (χ1v) is 23.9. The number of carbonyl (C=O) groups is 5. The average Bonchev–Trinajstić information content (AvgIpc) is 3.28. The van der Waals surface area contributed by atoms with Crippen LogP contribution in [0.5, 0.6) is 0 Å². The predicted octanol–water partition coefficient (Wildman–Crippen LogP) is 7.16. The molecular formula is C51H78FNO12. The zero-order chi connectivity index (χ0) is 48.2. The van der Waals surface area contributed by atoms with Gasteiger partial charge in [0.1, 0.15) is 30.1 Å². The maximum Gasteiger partial charge on any atom is 0.329 e. The zero-order valence-electron chi connectivity index (χ0n) is 40.5. The lowest BCUT2D eigenvalue weighted by molar-refractivity contribution is -0.231. The number of esters is 1. The van der Waals surface area contributed by atoms with Crippen LogP contribution in [0, 0.1) is 35.5 Å². The molecule has 3 aliphatic heterocycles. The number of carbonyl (C=O) groups excluding carboxylic acids is 5. The Morgan fingerprint density at radius 2 is 1.58 bits per heavy atom. The summed E-state index contributed by atoms with van der Waals surface area (Å²) in [5, 5.41) is 21.9. The van der Waals surface area contributed by atoms with Gasteiger partial charge >= 0.3 is 5.97 Å². The largest absolute Gasteiger partial charge is 0.460 e. The van der Waals surface area contributed by atoms with Gasteiger partial charge in [-0.05, 0) is 107 Å². The van der Waals surface area contributed by atoms with Gasteiger partial charge in [-0.25, -0.2) is 9.18 Å². The van der Waals surface area contributed by atoms with Gasteiger partial charge in [0, 0.05) is 58.5 Å². The van der Waals surface area contributed by atoms with Gasteiger partial charge in [0.05, 0.1) is 24.4 Å². The monoisotopic (exact) mass is 916 g/mol. The van der Waals surface area contributed by atoms with E-state index in [0.29, 0.717) is 56.9 Å². The number of methoxy groups -OCH3 is 3. The van der Waals surface area contributed by atoms with Crippen molar-refractivity contribution < 1.29 is 62.3 Å². The molecule has 0 aromatic heterocycles. The Morgan fingerprint density at radius 3 is 2.26 bits per heavy atom. The van der Waals surface area contributed by atoms with Crippen LogP contribution in [0.3, 0.4) is 0 Å². The molecule has 2 bridgehead atoms. The maximum absolute atomic E-state index is 17.1. The molecule has 3 heterocycles. The molecule has 366 valence electrons. The van der Waals surface area contributed by atoms with E-state index in [1.165, 1.54) is 7.11 Å². The van der Waals surface area contributed by atoms with Gasteiger partial charge in [-0.1, -0.05) is 71.1 Å². The van der Waals surface area contributed by atoms with Crippen molar-refractivity contribution in [2.24, 2.45) is 35.5 Å². The zero-order valence-corrected chi connectivity index (χ0v) is 40.5. The van der Waals surface area contributed by atoms with Crippen molar-refractivity contribution in [3.63, 3.8) is 0 Å². The summed E-state index contributed by atoms with van der Waals surface area (Å²) < 4.78 is 46.1. The van der Waals surface area contributed by atoms with Crippen molar-refractivity contribution in [1.29, 1.82) is 0 Å². The number of cyclic esters (lactones) is 1. The Labute approximate surface area is 386 Å². The van der Waals surface area contributed by atoms with E-state index in [-0.39, 0.29) is 67.7 Å². The number of rotatable bonds is 6. The van der Waals surface area contributed by atoms with Gasteiger partial charge in [-0.2, -0.15) is 0 Å². The molecule has 0 spiro atoms. The Morgan fingerprint density at radius 1 is 0.862 bits per heavy atom. The van der Waals surface area contributed by atoms with Gasteiger partial charge in [0.15, 0.2) is 5.78 Å². The minimum Gasteiger partial charge on any atom is -0.460 e. The number of ketones is 3. The lowest BCUT2D eigenvalue weighted by Gasteiger charge is -2.41. The molecule has 1 amide bonds. The first-order valence-electron chi connectivity index (χ1n) is 23.9. The second-order valence-corrected chi connectivity index (χ2v) is 19.5. The molecular weight excluding hydrogens is 838 g/mol. The molecule has 2 saturated heterocycles. The number of nitrogens with zero attached hydrogens (tertiary/aromatic N) is 1. The molecule has 2 N–H and O–H groups in total. The third kappa shape index (κ3) is 14.3. The average molecular weight is 916 g/mol. The van der Waals surface area contributed by atoms with E-state index in [0.717, 1.165) is 10.5 Å². The molecule has 4 rings (SSSR count). The lowest BCUT2D eigenvalue weighted by atomic mass is 9.78. The van der Waals surface area contributed by atoms with Crippen LogP contribution >= 0.6 is 0 Å². The summed E-state index contributed by atoms with van der Waals surface area (Å²) in [6.45, 7) is 12.5. The second-order valence-electron chi connectivity index (χ2n) is 19.5. The highest BCUT2D eigenvalue weighted by molar-refractivity contribution is 6.39. The molecule has 0 aromatic rings. The molecule has 65 heavy (non-hydrogen) atoms. The van der Waals surface area contributed by atoms with Gasteiger partial charge in [-0.15, -0.1) is 0 Å². The summed E-state index contributed by atoms with van der Waals surface area (Å²) in [4.78, 5) is 71.4. The fraction of sp³-hybridized carbons (Fsp3) is 0.745. The van der Waals surface area contributed by atoms with E-state index >= 15 is 4.39 Å². The van der Waals surface area contributed by atoms with Crippen molar-refractivity contribution in [1.82, 2.24) is 4.90 Å². The third-order valence-electron chi connectivity index (χ3n) is 14.4. The van der Waals surface area contributed by atoms with Crippen molar-refractivity contribution in [3.05, 3.63) is 47.6 Å². The summed E-state index contributed by atoms with van der Waals surface area (Å²) in [6.07, 6.45) is 10.3. The van der Waals surface area contributed by atoms with Crippen LogP contribution in [-0.4, -0.2) is 127 Å². The molecule has 3 fully saturated rings. The quantitative estimate of drug-likeness (QED) is 0.157. The molecule has 13 nitrogen and oxygen atoms in total. The first-order chi connectivity index (χ1) is 30.7. The Bertz CT molecular complexity index is 1760. The number of piperidine rings is 1. The number of alkyl halides is 1. The van der Waals surface area contributed by atoms with Gasteiger partial charge in [-0.3, -0.25) is 19.2 Å². The molecule has 1 saturated carbocycles. The van der Waals surface area contributed by atoms with Crippen LogP contribution in [0.4, 0.5) is 4.39 Å². The van der Waals surface area contributed by atoms with E-state index in [1.807, 2.05) is 51.2 Å². The number of halogens is 1. The molecule has 0 aromatic carbocycles. The van der Waals surface area contributed by atoms with Crippen molar-refractivity contribution in [2.45, 2.75) is 180 Å². The summed E-state index contributed by atoms with van der Waals surface area (Å²) in [5.41, 5.74) is 1.22. The topological polar surface area (TPSA) is 175 Å². The molecule has 2 unspecified atom stereocenters. The van der Waals surface area contributed by atoms with E-state index < -0.39 is 83.9 Å². The van der Waals surface area contributed by atoms with Crippen LogP contribution in [0.1, 0.15) is 126 Å². The van der Waals surface area contributed by atoms with Gasteiger partial charge < -0.3 is 38.8 Å². The maximum atomic E-state index is 17.1. The van der Waals surface area contributed by atoms with Crippen molar-refractivity contribution >= 4 is 29.2 Å². The minimum atomic E-state index is -2.93. The van der Waals surface area contributed by atoms with E-state index in [4.69, 9.17) is 23.7 Å². The number of aliphatic hydroxyl groups excluding tert-OH is 2. The number of allylic oxidation sites excluding steroid dienone is 6. The number of Topliss-reactive ketones (excluding diaryl/α,β-unsaturated/α-hetero) is 3. The molecule has 1 aliphatic carbocycles. The minimum absolute atomic E-state index is 0.00748. The summed E-state index contributed by atoms with van der Waals surface area (Å²) in [5.74, 6) is -9.16. The molecule has 14 heteroatoms. The Hall–Kier alpha value is -3.40. The third-order valence-corrected chi connectivity index (χ3v) is 14.4. The van der Waals surface area contributed by atoms with E-state index in [9.17, 15) is 34.2 Å². The highest BCUT2D eigenvalue weighted by Crippen LogP contribution is 2.40. The van der Waals surface area contributed by atoms with E-state index in [2.05, 4.69) is 0 Å². The molecule has 15 atom stereocenters. The van der Waals surface area contributed by atoms with Crippen LogP contribution < -0.4 is 0 Å². The number of amides is 1. The summed E-state index contributed by atoms with van der Waals surface area (Å²) >= 11 is 0. The van der Waals surface area contributed by atoms with Crippen molar-refractivity contribution in [3.8, 4) is 0 Å². The normalized spacial score (nSPS) is 39.1. The highest BCUT2D eigenvalue weighted by Gasteiger charge is 2.55. The SMILES string of the molecule is CO[C@H]1C[C@@H]2CC[C@@H](C)C(F)(O2)C(=O)C(=O)N2CCCCC2C(=O)O[C@H]([C@H](C)C[C@@H]2CC[C@@H](O)[C@H](OC)C2)CC(=O)[C@H](C)/C=C(\C)[C@@H](O)[C@@H](OC)C(=O)[C@H](C)C[C@H](C)/C=C/C=CC=C1C. The fourth-order valence-electron chi connectivity index (χ4n) is 10.1. The van der Waals surface area contributed by atoms with Crippen molar-refractivity contribution in [2.75, 3.05) is 27.9 Å². The summed E-state index contributed by atoms with van der Waals surface area (Å²) in [6, 6.07) is -1.20. The predicted molar refractivity (Wildman–Crippen MR) is 244 cm³/mol. The number of hydrogen-bond acceptors (Lipinski definition) is 12. The van der Waals surface area contributed by atoms with Gasteiger partial charge in [0.25, 0.3) is 17.5 Å².